The molecule has 2 N–H and O–H groups in total. The quantitative estimate of drug-likeness (QED) is 0.556. The van der Waals surface area contributed by atoms with E-state index in [0.717, 1.165) is 4.31 Å². The van der Waals surface area contributed by atoms with Crippen LogP contribution in [0.2, 0.25) is 0 Å². The standard InChI is InChI=1S/C17H17N3O5S/c1-20(26(24,25)15-5-3-2-4-6-15)12-16(21)19-18-11-13-7-9-14(10-8-13)17(22)23/h2-11H,12H2,1H3,(H,19,21)(H,22,23)/b18-11-. The molecule has 2 aromatic rings. The van der Waals surface area contributed by atoms with Gasteiger partial charge in [-0.25, -0.2) is 18.6 Å². The van der Waals surface area contributed by atoms with Crippen molar-refractivity contribution in [1.82, 2.24) is 9.73 Å². The predicted octanol–water partition coefficient (Wildman–Crippen LogP) is 1.16. The number of hydrogen-bond acceptors (Lipinski definition) is 5. The molecule has 0 atom stereocenters. The number of carboxylic acids is 1. The number of carbonyl (C=O) groups is 2. The summed E-state index contributed by atoms with van der Waals surface area (Å²) < 4.78 is 25.5. The van der Waals surface area contributed by atoms with Crippen LogP contribution >= 0.6 is 0 Å². The Labute approximate surface area is 150 Å². The van der Waals surface area contributed by atoms with E-state index in [-0.39, 0.29) is 10.5 Å². The van der Waals surface area contributed by atoms with Crippen LogP contribution in [0.1, 0.15) is 15.9 Å². The summed E-state index contributed by atoms with van der Waals surface area (Å²) in [6.45, 7) is -0.396. The zero-order chi connectivity index (χ0) is 19.2. The van der Waals surface area contributed by atoms with Gasteiger partial charge in [0.25, 0.3) is 5.91 Å². The van der Waals surface area contributed by atoms with E-state index < -0.39 is 28.4 Å². The first-order valence-electron chi connectivity index (χ1n) is 7.47. The van der Waals surface area contributed by atoms with Crippen LogP contribution in [0, 0.1) is 0 Å². The third kappa shape index (κ3) is 4.98. The highest BCUT2D eigenvalue weighted by Gasteiger charge is 2.22. The Balaban J connectivity index is 1.93. The van der Waals surface area contributed by atoms with E-state index in [1.165, 1.54) is 49.7 Å². The van der Waals surface area contributed by atoms with E-state index >= 15 is 0 Å². The van der Waals surface area contributed by atoms with Gasteiger partial charge in [0.15, 0.2) is 0 Å². The van der Waals surface area contributed by atoms with Crippen LogP contribution in [0.15, 0.2) is 64.6 Å². The van der Waals surface area contributed by atoms with Crippen LogP contribution in [0.5, 0.6) is 0 Å². The molecule has 0 bridgehead atoms. The van der Waals surface area contributed by atoms with Crippen molar-refractivity contribution in [1.29, 1.82) is 0 Å². The zero-order valence-corrected chi connectivity index (χ0v) is 14.7. The van der Waals surface area contributed by atoms with Crippen molar-refractivity contribution in [2.75, 3.05) is 13.6 Å². The summed E-state index contributed by atoms with van der Waals surface area (Å²) in [5.41, 5.74) is 2.95. The van der Waals surface area contributed by atoms with Crippen molar-refractivity contribution in [3.05, 3.63) is 65.7 Å². The van der Waals surface area contributed by atoms with Crippen molar-refractivity contribution in [2.24, 2.45) is 5.10 Å². The number of likely N-dealkylation sites (N-methyl/N-ethyl adjacent to an activating group) is 1. The van der Waals surface area contributed by atoms with E-state index in [0.29, 0.717) is 5.56 Å². The molecule has 0 heterocycles. The van der Waals surface area contributed by atoms with Gasteiger partial charge in [-0.3, -0.25) is 4.79 Å². The summed E-state index contributed by atoms with van der Waals surface area (Å²) in [6, 6.07) is 13.7. The number of sulfonamides is 1. The number of rotatable bonds is 7. The van der Waals surface area contributed by atoms with Gasteiger partial charge in [-0.05, 0) is 29.8 Å². The van der Waals surface area contributed by atoms with E-state index in [4.69, 9.17) is 5.11 Å². The van der Waals surface area contributed by atoms with Gasteiger partial charge in [-0.1, -0.05) is 30.3 Å². The number of hydrogen-bond donors (Lipinski definition) is 2. The fraction of sp³-hybridized carbons (Fsp3) is 0.118. The number of nitrogens with one attached hydrogen (secondary N) is 1. The fourth-order valence-electron chi connectivity index (χ4n) is 1.99. The van der Waals surface area contributed by atoms with Crippen molar-refractivity contribution in [3.8, 4) is 0 Å². The molecule has 0 aliphatic heterocycles. The normalized spacial score (nSPS) is 11.6. The fourth-order valence-corrected chi connectivity index (χ4v) is 3.13. The Morgan fingerprint density at radius 3 is 2.31 bits per heavy atom. The SMILES string of the molecule is CN(CC(=O)N/N=C\c1ccc(C(=O)O)cc1)S(=O)(=O)c1ccccc1. The molecular formula is C17H17N3O5S. The maximum absolute atomic E-state index is 12.3. The minimum atomic E-state index is -3.76. The lowest BCUT2D eigenvalue weighted by Gasteiger charge is -2.15. The van der Waals surface area contributed by atoms with Gasteiger partial charge < -0.3 is 5.11 Å². The summed E-state index contributed by atoms with van der Waals surface area (Å²) in [7, 11) is -2.46. The van der Waals surface area contributed by atoms with Gasteiger partial charge in [0.05, 0.1) is 23.2 Å². The maximum atomic E-state index is 12.3. The molecule has 0 aromatic heterocycles. The molecule has 0 aliphatic rings. The lowest BCUT2D eigenvalue weighted by molar-refractivity contribution is -0.121. The van der Waals surface area contributed by atoms with E-state index in [1.807, 2.05) is 0 Å². The van der Waals surface area contributed by atoms with Crippen LogP contribution < -0.4 is 5.43 Å². The van der Waals surface area contributed by atoms with Crippen molar-refractivity contribution in [3.63, 3.8) is 0 Å². The molecule has 26 heavy (non-hydrogen) atoms. The molecule has 0 saturated carbocycles. The van der Waals surface area contributed by atoms with E-state index in [9.17, 15) is 18.0 Å². The molecule has 0 unspecified atom stereocenters. The molecule has 0 aliphatic carbocycles. The van der Waals surface area contributed by atoms with E-state index in [2.05, 4.69) is 10.5 Å². The molecular weight excluding hydrogens is 358 g/mol. The van der Waals surface area contributed by atoms with Crippen molar-refractivity contribution in [2.45, 2.75) is 4.90 Å². The number of nitrogens with zero attached hydrogens (tertiary/aromatic N) is 2. The van der Waals surface area contributed by atoms with Crippen LogP contribution in [0.4, 0.5) is 0 Å². The third-order valence-corrected chi connectivity index (χ3v) is 5.20. The summed E-state index contributed by atoms with van der Waals surface area (Å²) in [4.78, 5) is 22.7. The third-order valence-electron chi connectivity index (χ3n) is 3.38. The average Bonchev–Trinajstić information content (AvgIpc) is 2.62. The molecule has 0 fully saturated rings. The molecule has 0 saturated heterocycles. The summed E-state index contributed by atoms with van der Waals surface area (Å²) >= 11 is 0. The number of carbonyl (C=O) groups excluding carboxylic acids is 1. The van der Waals surface area contributed by atoms with Gasteiger partial charge in [0.1, 0.15) is 0 Å². The minimum absolute atomic E-state index is 0.0947. The second-order valence-corrected chi connectivity index (χ2v) is 7.34. The highest BCUT2D eigenvalue weighted by Crippen LogP contribution is 2.12. The van der Waals surface area contributed by atoms with Gasteiger partial charge in [-0.15, -0.1) is 0 Å². The van der Waals surface area contributed by atoms with Crippen molar-refractivity contribution < 1.29 is 23.1 Å². The summed E-state index contributed by atoms with van der Waals surface area (Å²) in [5.74, 6) is -1.64. The lowest BCUT2D eigenvalue weighted by Crippen LogP contribution is -2.36. The predicted molar refractivity (Wildman–Crippen MR) is 95.4 cm³/mol. The monoisotopic (exact) mass is 375 g/mol. The largest absolute Gasteiger partial charge is 0.478 e. The lowest BCUT2D eigenvalue weighted by atomic mass is 10.1. The highest BCUT2D eigenvalue weighted by atomic mass is 32.2. The number of aromatic carboxylic acids is 1. The molecule has 8 nitrogen and oxygen atoms in total. The van der Waals surface area contributed by atoms with Crippen LogP contribution in [0.25, 0.3) is 0 Å². The Hall–Kier alpha value is -3.04. The van der Waals surface area contributed by atoms with Gasteiger partial charge >= 0.3 is 5.97 Å². The number of benzene rings is 2. The Kier molecular flexibility index (Phi) is 6.21. The van der Waals surface area contributed by atoms with Crippen LogP contribution in [0.3, 0.4) is 0 Å². The Morgan fingerprint density at radius 2 is 1.73 bits per heavy atom. The number of carboxylic acid groups (broad SMARTS) is 1. The number of amides is 1. The smallest absolute Gasteiger partial charge is 0.335 e. The summed E-state index contributed by atoms with van der Waals surface area (Å²) in [5, 5.41) is 12.5. The van der Waals surface area contributed by atoms with Gasteiger partial charge in [0, 0.05) is 7.05 Å². The number of hydrazone groups is 1. The van der Waals surface area contributed by atoms with Crippen LogP contribution in [-0.2, 0) is 14.8 Å². The Morgan fingerprint density at radius 1 is 1.12 bits per heavy atom. The van der Waals surface area contributed by atoms with E-state index in [1.54, 1.807) is 18.2 Å². The zero-order valence-electron chi connectivity index (χ0n) is 13.9. The van der Waals surface area contributed by atoms with Gasteiger partial charge in [-0.2, -0.15) is 9.41 Å². The second kappa shape index (κ2) is 8.37. The first-order valence-corrected chi connectivity index (χ1v) is 8.91. The highest BCUT2D eigenvalue weighted by molar-refractivity contribution is 7.89. The molecule has 0 radical (unpaired) electrons. The molecule has 0 spiro atoms. The van der Waals surface area contributed by atoms with Crippen LogP contribution in [-0.4, -0.2) is 49.5 Å². The molecule has 2 rings (SSSR count). The first kappa shape index (κ1) is 19.3. The maximum Gasteiger partial charge on any atom is 0.335 e. The van der Waals surface area contributed by atoms with Crippen molar-refractivity contribution >= 4 is 28.1 Å². The van der Waals surface area contributed by atoms with Gasteiger partial charge in [0.2, 0.25) is 10.0 Å². The molecule has 1 amide bonds. The minimum Gasteiger partial charge on any atom is -0.478 e. The molecule has 136 valence electrons. The second-order valence-electron chi connectivity index (χ2n) is 5.29. The Bertz CT molecular complexity index is 909. The average molecular weight is 375 g/mol. The molecule has 2 aromatic carbocycles. The summed E-state index contributed by atoms with van der Waals surface area (Å²) in [6.07, 6.45) is 1.33. The molecule has 9 heteroatoms. The topological polar surface area (TPSA) is 116 Å². The first-order chi connectivity index (χ1) is 12.3.